The third kappa shape index (κ3) is 5.68. The molecular weight excluding hydrogens is 111 g/mol. The van der Waals surface area contributed by atoms with Crippen LogP contribution in [0.1, 0.15) is 13.8 Å². The molecule has 0 heterocycles. The summed E-state index contributed by atoms with van der Waals surface area (Å²) in [5.41, 5.74) is 0.451. The topological polar surface area (TPSA) is 26.3 Å². The zero-order chi connectivity index (χ0) is 6.57. The van der Waals surface area contributed by atoms with Crippen LogP contribution in [0.15, 0.2) is 12.2 Å². The van der Waals surface area contributed by atoms with Crippen molar-refractivity contribution in [3.05, 3.63) is 12.2 Å². The number of carbonyl (C=O) groups is 1. The first-order valence-electron chi connectivity index (χ1n) is 2.51. The van der Waals surface area contributed by atoms with Crippen LogP contribution in [-0.2, 0) is 9.53 Å². The number of carbonyl (C=O) groups excluding carboxylic acids is 1. The summed E-state index contributed by atoms with van der Waals surface area (Å²) in [6, 6.07) is 0. The van der Waals surface area contributed by atoms with Crippen LogP contribution in [0.25, 0.3) is 0 Å². The summed E-state index contributed by atoms with van der Waals surface area (Å²) in [6.07, 6.45) is 0. The first-order chi connectivity index (χ1) is 3.68. The largest absolute Gasteiger partial charge is 0.463 e. The van der Waals surface area contributed by atoms with Crippen molar-refractivity contribution < 1.29 is 9.53 Å². The van der Waals surface area contributed by atoms with Crippen LogP contribution < -0.4 is 0 Å². The van der Waals surface area contributed by atoms with Crippen molar-refractivity contribution >= 4 is 24.8 Å². The van der Waals surface area contributed by atoms with Crippen LogP contribution in [0, 0.1) is 0 Å². The van der Waals surface area contributed by atoms with Gasteiger partial charge in [-0.25, -0.2) is 4.79 Å². The average Bonchev–Trinajstić information content (AvgIpc) is 1.67. The maximum Gasteiger partial charge on any atom is 0.333 e. The van der Waals surface area contributed by atoms with Gasteiger partial charge in [0.05, 0.1) is 6.61 Å². The molecule has 0 saturated heterocycles. The second kappa shape index (κ2) is 5.94. The predicted molar refractivity (Wildman–Crippen MR) is 37.2 cm³/mol. The van der Waals surface area contributed by atoms with E-state index >= 15 is 0 Å². The van der Waals surface area contributed by atoms with Gasteiger partial charge in [-0.15, -0.1) is 0 Å². The number of ether oxygens (including phenoxy) is 1. The maximum atomic E-state index is 10.4. The molecule has 2 nitrogen and oxygen atoms in total. The Kier molecular flexibility index (Phi) is 7.64. The van der Waals surface area contributed by atoms with E-state index in [-0.39, 0.29) is 24.8 Å². The van der Waals surface area contributed by atoms with Crippen molar-refractivity contribution in [2.75, 3.05) is 6.61 Å². The van der Waals surface area contributed by atoms with Crippen LogP contribution in [0.2, 0.25) is 0 Å². The average molecular weight is 121 g/mol. The number of hydrogen-bond donors (Lipinski definition) is 0. The van der Waals surface area contributed by atoms with Gasteiger partial charge < -0.3 is 4.74 Å². The Labute approximate surface area is 67.4 Å². The SMILES string of the molecule is C=C(C)C(=O)OCC.[Li]. The van der Waals surface area contributed by atoms with E-state index in [1.165, 1.54) is 0 Å². The molecule has 0 aromatic carbocycles. The molecule has 3 heteroatoms. The Morgan fingerprint density at radius 1 is 1.67 bits per heavy atom. The summed E-state index contributed by atoms with van der Waals surface area (Å²) >= 11 is 0. The third-order valence-electron chi connectivity index (χ3n) is 0.624. The van der Waals surface area contributed by atoms with Gasteiger partial charge in [0.25, 0.3) is 0 Å². The van der Waals surface area contributed by atoms with Gasteiger partial charge in [-0.2, -0.15) is 0 Å². The molecule has 0 aromatic heterocycles. The molecule has 9 heavy (non-hydrogen) atoms. The summed E-state index contributed by atoms with van der Waals surface area (Å²) in [5.74, 6) is -0.312. The van der Waals surface area contributed by atoms with Crippen molar-refractivity contribution in [3.8, 4) is 0 Å². The molecule has 0 aromatic rings. The third-order valence-corrected chi connectivity index (χ3v) is 0.624. The second-order valence-corrected chi connectivity index (χ2v) is 1.50. The molecule has 0 rings (SSSR count). The molecule has 0 aliphatic rings. The van der Waals surface area contributed by atoms with E-state index in [1.54, 1.807) is 13.8 Å². The fourth-order valence-corrected chi connectivity index (χ4v) is 0.254. The van der Waals surface area contributed by atoms with Crippen molar-refractivity contribution in [2.45, 2.75) is 13.8 Å². The Hall–Kier alpha value is -0.193. The molecule has 0 fully saturated rings. The van der Waals surface area contributed by atoms with Gasteiger partial charge in [-0.3, -0.25) is 0 Å². The van der Waals surface area contributed by atoms with E-state index in [1.807, 2.05) is 0 Å². The first-order valence-corrected chi connectivity index (χ1v) is 2.51. The Morgan fingerprint density at radius 2 is 2.11 bits per heavy atom. The van der Waals surface area contributed by atoms with E-state index in [0.717, 1.165) is 0 Å². The Morgan fingerprint density at radius 3 is 2.22 bits per heavy atom. The zero-order valence-corrected chi connectivity index (χ0v) is 6.23. The second-order valence-electron chi connectivity index (χ2n) is 1.50. The zero-order valence-electron chi connectivity index (χ0n) is 6.23. The molecule has 0 unspecified atom stereocenters. The van der Waals surface area contributed by atoms with E-state index in [0.29, 0.717) is 12.2 Å². The molecule has 0 bridgehead atoms. The summed E-state index contributed by atoms with van der Waals surface area (Å²) in [5, 5.41) is 0. The molecule has 0 atom stereocenters. The summed E-state index contributed by atoms with van der Waals surface area (Å²) < 4.78 is 4.56. The fourth-order valence-electron chi connectivity index (χ4n) is 0.254. The monoisotopic (exact) mass is 121 g/mol. The van der Waals surface area contributed by atoms with Crippen LogP contribution >= 0.6 is 0 Å². The number of hydrogen-bond acceptors (Lipinski definition) is 2. The smallest absolute Gasteiger partial charge is 0.333 e. The predicted octanol–water partition coefficient (Wildman–Crippen LogP) is 0.745. The van der Waals surface area contributed by atoms with E-state index in [4.69, 9.17) is 0 Å². The quantitative estimate of drug-likeness (QED) is 0.306. The molecular formula is C6H10LiO2. The minimum atomic E-state index is -0.312. The Balaban J connectivity index is 0. The van der Waals surface area contributed by atoms with Gasteiger partial charge >= 0.3 is 5.97 Å². The summed E-state index contributed by atoms with van der Waals surface area (Å²) in [4.78, 5) is 10.4. The first kappa shape index (κ1) is 11.6. The molecule has 0 N–H and O–H groups in total. The van der Waals surface area contributed by atoms with E-state index < -0.39 is 0 Å². The molecule has 0 amide bonds. The minimum absolute atomic E-state index is 0. The van der Waals surface area contributed by atoms with Gasteiger partial charge in [-0.05, 0) is 13.8 Å². The number of esters is 1. The van der Waals surface area contributed by atoms with Crippen LogP contribution in [-0.4, -0.2) is 31.4 Å². The number of rotatable bonds is 2. The van der Waals surface area contributed by atoms with Crippen LogP contribution in [0.5, 0.6) is 0 Å². The molecule has 47 valence electrons. The van der Waals surface area contributed by atoms with Crippen molar-refractivity contribution in [3.63, 3.8) is 0 Å². The molecule has 0 spiro atoms. The summed E-state index contributed by atoms with van der Waals surface area (Å²) in [6.45, 7) is 7.21. The summed E-state index contributed by atoms with van der Waals surface area (Å²) in [7, 11) is 0. The molecule has 1 radical (unpaired) electrons. The van der Waals surface area contributed by atoms with Crippen molar-refractivity contribution in [2.24, 2.45) is 0 Å². The molecule has 0 aliphatic heterocycles. The maximum absolute atomic E-state index is 10.4. The van der Waals surface area contributed by atoms with Gasteiger partial charge in [0.2, 0.25) is 0 Å². The minimum Gasteiger partial charge on any atom is -0.463 e. The van der Waals surface area contributed by atoms with Gasteiger partial charge in [-0.1, -0.05) is 6.58 Å². The van der Waals surface area contributed by atoms with Crippen LogP contribution in [0.3, 0.4) is 0 Å². The molecule has 0 saturated carbocycles. The fraction of sp³-hybridized carbons (Fsp3) is 0.500. The van der Waals surface area contributed by atoms with Crippen molar-refractivity contribution in [1.29, 1.82) is 0 Å². The van der Waals surface area contributed by atoms with E-state index in [2.05, 4.69) is 11.3 Å². The van der Waals surface area contributed by atoms with Crippen molar-refractivity contribution in [1.82, 2.24) is 0 Å². The Bertz CT molecular complexity index is 110. The van der Waals surface area contributed by atoms with E-state index in [9.17, 15) is 4.79 Å². The van der Waals surface area contributed by atoms with Gasteiger partial charge in [0.15, 0.2) is 0 Å². The standard InChI is InChI=1S/C6H10O2.Li/c1-4-8-6(7)5(2)3;/h2,4H2,1,3H3;. The molecule has 0 aliphatic carbocycles. The van der Waals surface area contributed by atoms with Gasteiger partial charge in [0, 0.05) is 24.4 Å². The normalized spacial score (nSPS) is 7.33. The van der Waals surface area contributed by atoms with Gasteiger partial charge in [0.1, 0.15) is 0 Å². The van der Waals surface area contributed by atoms with Crippen LogP contribution in [0.4, 0.5) is 0 Å².